The maximum Gasteiger partial charge on any atom is 0.197 e. The van der Waals surface area contributed by atoms with Crippen LogP contribution in [-0.4, -0.2) is 46.2 Å². The second kappa shape index (κ2) is 9.66. The van der Waals surface area contributed by atoms with Crippen molar-refractivity contribution in [2.24, 2.45) is 28.6 Å². The molecule has 0 spiro atoms. The van der Waals surface area contributed by atoms with E-state index in [9.17, 15) is 19.8 Å². The number of allylic oxidation sites excluding steroid dienone is 4. The Balaban J connectivity index is 1.21. The lowest BCUT2D eigenvalue weighted by Crippen LogP contribution is -2.63. The van der Waals surface area contributed by atoms with Crippen LogP contribution in [0.2, 0.25) is 0 Å². The molecule has 0 radical (unpaired) electrons. The fraction of sp³-hybridized carbons (Fsp3) is 0.515. The van der Waals surface area contributed by atoms with Gasteiger partial charge in [-0.15, -0.1) is 11.3 Å². The first kappa shape index (κ1) is 28.1. The van der Waals surface area contributed by atoms with Crippen LogP contribution in [0.1, 0.15) is 61.8 Å². The largest absolute Gasteiger partial charge is 0.399 e. The first-order valence-corrected chi connectivity index (χ1v) is 15.6. The highest BCUT2D eigenvalue weighted by Gasteiger charge is 2.76. The van der Waals surface area contributed by atoms with E-state index in [4.69, 9.17) is 15.2 Å². The number of nitrogen functional groups attached to an aromatic ring is 1. The zero-order valence-electron chi connectivity index (χ0n) is 23.7. The molecule has 9 atom stereocenters. The quantitative estimate of drug-likeness (QED) is 0.432. The Morgan fingerprint density at radius 1 is 1.24 bits per heavy atom. The predicted octanol–water partition coefficient (Wildman–Crippen LogP) is 4.66. The van der Waals surface area contributed by atoms with E-state index in [-0.39, 0.29) is 34.8 Å². The van der Waals surface area contributed by atoms with Gasteiger partial charge in [-0.3, -0.25) is 9.59 Å². The number of hydrogen-bond donors (Lipinski definition) is 3. The van der Waals surface area contributed by atoms with Crippen molar-refractivity contribution in [1.82, 2.24) is 0 Å². The van der Waals surface area contributed by atoms with Gasteiger partial charge in [0.05, 0.1) is 17.1 Å². The fourth-order valence-electron chi connectivity index (χ4n) is 9.33. The van der Waals surface area contributed by atoms with Crippen LogP contribution in [0.5, 0.6) is 0 Å². The van der Waals surface area contributed by atoms with Crippen molar-refractivity contribution in [3.8, 4) is 0 Å². The summed E-state index contributed by atoms with van der Waals surface area (Å²) in [7, 11) is 0. The van der Waals surface area contributed by atoms with E-state index in [0.29, 0.717) is 24.1 Å². The molecule has 0 bridgehead atoms. The number of nitrogens with two attached hydrogens (primary N) is 1. The van der Waals surface area contributed by atoms with Gasteiger partial charge in [0.1, 0.15) is 12.4 Å². The number of aliphatic hydroxyl groups is 2. The number of hydrogen-bond acceptors (Lipinski definition) is 8. The monoisotopic (exact) mass is 593 g/mol. The molecule has 4 aliphatic carbocycles. The third-order valence-corrected chi connectivity index (χ3v) is 12.2. The van der Waals surface area contributed by atoms with Crippen LogP contribution in [0, 0.1) is 34.4 Å². The average molecular weight is 594 g/mol. The number of rotatable bonds is 5. The van der Waals surface area contributed by atoms with Gasteiger partial charge in [0, 0.05) is 34.4 Å². The number of carbonyl (C=O) groups excluding carboxylic acids is 2. The zero-order chi connectivity index (χ0) is 29.6. The molecule has 3 saturated carbocycles. The third-order valence-electron chi connectivity index (χ3n) is 11.2. The summed E-state index contributed by atoms with van der Waals surface area (Å²) in [5.74, 6) is -1.02. The van der Waals surface area contributed by atoms with E-state index in [1.165, 1.54) is 11.3 Å². The van der Waals surface area contributed by atoms with Crippen molar-refractivity contribution in [3.05, 3.63) is 75.3 Å². The molecule has 2 heterocycles. The Labute approximate surface area is 248 Å². The highest BCUT2D eigenvalue weighted by molar-refractivity contribution is 7.10. The standard InChI is InChI=1S/C33H36FNO6S/c1-31-10-9-21(37)12-19(31)5-8-22-23-13-26-33(25(39)15-36,32(23,2)14-24(38)27(22)31)41-30(40-26)29-28(34)18(16-42-29)11-17-3-6-20(35)7-4-17/h3-4,6-7,9-10,12,16,22-24,26-27,30,36,38H,5,8,11,13-15,35H2,1-2H3/t22-,23-,24-,26+,27+,30+,31-,32-,33+/m0/s1. The van der Waals surface area contributed by atoms with Gasteiger partial charge in [0.2, 0.25) is 0 Å². The Hall–Kier alpha value is -2.69. The molecule has 2 aromatic rings. The molecule has 9 heteroatoms. The van der Waals surface area contributed by atoms with Crippen LogP contribution >= 0.6 is 11.3 Å². The Kier molecular flexibility index (Phi) is 6.46. The minimum atomic E-state index is -1.51. The minimum Gasteiger partial charge on any atom is -0.399 e. The highest BCUT2D eigenvalue weighted by atomic mass is 32.1. The fourth-order valence-corrected chi connectivity index (χ4v) is 10.2. The number of carbonyl (C=O) groups is 2. The molecule has 4 fully saturated rings. The number of Topliss-reactive ketones (excluding diaryl/α,β-unsaturated/α-hetero) is 1. The maximum absolute atomic E-state index is 15.8. The molecule has 0 amide bonds. The van der Waals surface area contributed by atoms with Crippen LogP contribution in [0.25, 0.3) is 0 Å². The summed E-state index contributed by atoms with van der Waals surface area (Å²) in [4.78, 5) is 26.1. The first-order chi connectivity index (χ1) is 20.0. The summed E-state index contributed by atoms with van der Waals surface area (Å²) < 4.78 is 28.8. The van der Waals surface area contributed by atoms with Crippen LogP contribution in [0.15, 0.2) is 53.4 Å². The number of halogens is 1. The summed E-state index contributed by atoms with van der Waals surface area (Å²) in [5, 5.41) is 23.7. The number of fused-ring (bicyclic) bond motifs is 7. The molecule has 7 rings (SSSR count). The van der Waals surface area contributed by atoms with Crippen molar-refractivity contribution in [2.75, 3.05) is 12.3 Å². The molecular weight excluding hydrogens is 557 g/mol. The average Bonchev–Trinajstić information content (AvgIpc) is 3.59. The van der Waals surface area contributed by atoms with E-state index in [2.05, 4.69) is 6.92 Å². The Morgan fingerprint density at radius 2 is 2.00 bits per heavy atom. The van der Waals surface area contributed by atoms with Crippen molar-refractivity contribution in [1.29, 1.82) is 0 Å². The number of benzene rings is 1. The van der Waals surface area contributed by atoms with Gasteiger partial charge >= 0.3 is 0 Å². The lowest BCUT2D eigenvalue weighted by atomic mass is 9.46. The van der Waals surface area contributed by atoms with Crippen LogP contribution < -0.4 is 5.73 Å². The van der Waals surface area contributed by atoms with Gasteiger partial charge in [0.25, 0.3) is 0 Å². The number of ketones is 2. The smallest absolute Gasteiger partial charge is 0.197 e. The van der Waals surface area contributed by atoms with Crippen LogP contribution in [-0.2, 0) is 25.5 Å². The lowest BCUT2D eigenvalue weighted by Gasteiger charge is -2.59. The summed E-state index contributed by atoms with van der Waals surface area (Å²) in [6, 6.07) is 7.29. The normalized spacial score (nSPS) is 40.2. The van der Waals surface area contributed by atoms with Crippen molar-refractivity contribution in [3.63, 3.8) is 0 Å². The van der Waals surface area contributed by atoms with Gasteiger partial charge in [-0.1, -0.05) is 37.6 Å². The Morgan fingerprint density at radius 3 is 2.74 bits per heavy atom. The van der Waals surface area contributed by atoms with E-state index < -0.39 is 53.1 Å². The number of ether oxygens (including phenoxy) is 2. The number of aliphatic hydroxyl groups excluding tert-OH is 2. The van der Waals surface area contributed by atoms with Gasteiger partial charge in [-0.2, -0.15) is 0 Å². The molecule has 1 aromatic heterocycles. The second-order valence-electron chi connectivity index (χ2n) is 13.2. The van der Waals surface area contributed by atoms with E-state index in [1.54, 1.807) is 29.7 Å². The molecule has 0 unspecified atom stereocenters. The summed E-state index contributed by atoms with van der Waals surface area (Å²) in [6.45, 7) is 3.34. The van der Waals surface area contributed by atoms with Gasteiger partial charge in [-0.25, -0.2) is 4.39 Å². The highest BCUT2D eigenvalue weighted by Crippen LogP contribution is 2.70. The topological polar surface area (TPSA) is 119 Å². The molecule has 5 aliphatic rings. The molecule has 7 nitrogen and oxygen atoms in total. The molecule has 4 N–H and O–H groups in total. The molecular formula is C33H36FNO6S. The van der Waals surface area contributed by atoms with Crippen molar-refractivity contribution in [2.45, 2.75) is 70.1 Å². The maximum atomic E-state index is 15.8. The molecule has 222 valence electrons. The summed E-state index contributed by atoms with van der Waals surface area (Å²) in [6.07, 6.45) is 5.40. The lowest BCUT2D eigenvalue weighted by molar-refractivity contribution is -0.200. The van der Waals surface area contributed by atoms with Crippen molar-refractivity contribution >= 4 is 28.6 Å². The number of thiophene rings is 1. The van der Waals surface area contributed by atoms with Gasteiger partial charge in [-0.05, 0) is 72.7 Å². The molecule has 1 aliphatic heterocycles. The number of anilines is 1. The SMILES string of the molecule is C[C@]12C=CC(=O)C=C1CC[C@@H]1[C@@H]2[C@@H](O)C[C@@]2(C)[C@H]1C[C@H]1O[C@@H](c3scc(Cc4ccc(N)cc4)c3F)O[C@]12C(=O)CO. The first-order valence-electron chi connectivity index (χ1n) is 14.7. The van der Waals surface area contributed by atoms with E-state index in [1.807, 2.05) is 25.1 Å². The summed E-state index contributed by atoms with van der Waals surface area (Å²) in [5.41, 5.74) is 6.11. The van der Waals surface area contributed by atoms with Crippen molar-refractivity contribution < 1.29 is 33.7 Å². The van der Waals surface area contributed by atoms with Crippen LogP contribution in [0.3, 0.4) is 0 Å². The second-order valence-corrected chi connectivity index (χ2v) is 14.1. The molecule has 42 heavy (non-hydrogen) atoms. The summed E-state index contributed by atoms with van der Waals surface area (Å²) >= 11 is 1.20. The Bertz CT molecular complexity index is 1520. The van der Waals surface area contributed by atoms with Gasteiger partial charge in [0.15, 0.2) is 23.5 Å². The predicted molar refractivity (Wildman–Crippen MR) is 155 cm³/mol. The minimum absolute atomic E-state index is 0.0222. The van der Waals surface area contributed by atoms with E-state index in [0.717, 1.165) is 24.0 Å². The van der Waals surface area contributed by atoms with E-state index >= 15 is 4.39 Å². The third kappa shape index (κ3) is 3.76. The zero-order valence-corrected chi connectivity index (χ0v) is 24.5. The molecule has 1 saturated heterocycles. The van der Waals surface area contributed by atoms with Gasteiger partial charge < -0.3 is 25.4 Å². The van der Waals surface area contributed by atoms with Crippen LogP contribution in [0.4, 0.5) is 10.1 Å². The molecule has 1 aromatic carbocycles.